The molecule has 1 aromatic heterocycles. The summed E-state index contributed by atoms with van der Waals surface area (Å²) in [5.74, 6) is -3.09. The van der Waals surface area contributed by atoms with Crippen LogP contribution in [-0.4, -0.2) is 51.8 Å². The molecule has 176 valence electrons. The molecule has 1 N–H and O–H groups in total. The molecule has 0 fully saturated rings. The third-order valence-corrected chi connectivity index (χ3v) is 4.62. The van der Waals surface area contributed by atoms with Crippen molar-refractivity contribution < 1.29 is 42.5 Å². The Bertz CT molecular complexity index is 1340. The van der Waals surface area contributed by atoms with E-state index in [4.69, 9.17) is 13.9 Å². The van der Waals surface area contributed by atoms with Crippen molar-refractivity contribution in [3.63, 3.8) is 0 Å². The van der Waals surface area contributed by atoms with E-state index in [1.807, 2.05) is 0 Å². The number of benzene rings is 2. The van der Waals surface area contributed by atoms with Crippen LogP contribution in [0.1, 0.15) is 31.1 Å². The number of methoxy groups -OCH3 is 3. The van der Waals surface area contributed by atoms with Gasteiger partial charge >= 0.3 is 23.5 Å². The summed E-state index contributed by atoms with van der Waals surface area (Å²) in [5.41, 5.74) is -1.28. The minimum Gasteiger partial charge on any atom is -0.493 e. The molecule has 0 aliphatic rings. The Kier molecular flexibility index (Phi) is 7.26. The van der Waals surface area contributed by atoms with E-state index in [0.29, 0.717) is 11.1 Å². The van der Waals surface area contributed by atoms with Crippen molar-refractivity contribution in [3.8, 4) is 5.75 Å². The number of hydrogen-bond acceptors (Lipinski definition) is 10. The first-order valence-corrected chi connectivity index (χ1v) is 9.67. The predicted molar refractivity (Wildman–Crippen MR) is 117 cm³/mol. The number of fused-ring (bicyclic) bond motifs is 1. The molecular weight excluding hydrogens is 450 g/mol. The summed E-state index contributed by atoms with van der Waals surface area (Å²) in [4.78, 5) is 60.8. The van der Waals surface area contributed by atoms with Crippen molar-refractivity contribution >= 4 is 40.5 Å². The number of hydrogen-bond donors (Lipinski definition) is 1. The zero-order chi connectivity index (χ0) is 24.8. The monoisotopic (exact) mass is 469 g/mol. The van der Waals surface area contributed by atoms with Gasteiger partial charge in [-0.2, -0.15) is 0 Å². The zero-order valence-electron chi connectivity index (χ0n) is 18.3. The van der Waals surface area contributed by atoms with Crippen molar-refractivity contribution in [1.29, 1.82) is 0 Å². The minimum atomic E-state index is -1.09. The highest BCUT2D eigenvalue weighted by Gasteiger charge is 2.20. The standard InChI is InChI=1S/C23H19NO10/c1-30-17-6-4-5-12-9-15(23(29)34-19(12)17)22(28)33-11-18(25)24-16-10-13(20(26)31-2)7-8-14(16)21(27)32-3/h4-10H,11H2,1-3H3,(H,24,25). The number of carbonyl (C=O) groups excluding carboxylic acids is 4. The number of amides is 1. The Labute approximate surface area is 192 Å². The van der Waals surface area contributed by atoms with E-state index >= 15 is 0 Å². The third kappa shape index (κ3) is 5.04. The first-order chi connectivity index (χ1) is 16.3. The first-order valence-electron chi connectivity index (χ1n) is 9.67. The van der Waals surface area contributed by atoms with Crippen molar-refractivity contribution in [1.82, 2.24) is 0 Å². The van der Waals surface area contributed by atoms with Crippen LogP contribution < -0.4 is 15.7 Å². The Morgan fingerprint density at radius 1 is 0.882 bits per heavy atom. The van der Waals surface area contributed by atoms with E-state index < -0.39 is 41.6 Å². The molecule has 0 bridgehead atoms. The van der Waals surface area contributed by atoms with Gasteiger partial charge in [0.2, 0.25) is 0 Å². The van der Waals surface area contributed by atoms with E-state index in [2.05, 4.69) is 14.8 Å². The van der Waals surface area contributed by atoms with Crippen LogP contribution in [0.3, 0.4) is 0 Å². The summed E-state index contributed by atoms with van der Waals surface area (Å²) < 4.78 is 24.5. The molecule has 1 amide bonds. The molecule has 0 aliphatic carbocycles. The van der Waals surface area contributed by atoms with Gasteiger partial charge in [0, 0.05) is 5.39 Å². The molecule has 0 radical (unpaired) electrons. The van der Waals surface area contributed by atoms with E-state index in [0.717, 1.165) is 7.11 Å². The van der Waals surface area contributed by atoms with Crippen molar-refractivity contribution in [2.24, 2.45) is 0 Å². The SMILES string of the molecule is COC(=O)c1ccc(C(=O)OC)c(NC(=O)COC(=O)c2cc3cccc(OC)c3oc2=O)c1. The number of rotatable bonds is 7. The Hall–Kier alpha value is -4.67. The summed E-state index contributed by atoms with van der Waals surface area (Å²) in [6.07, 6.45) is 0. The van der Waals surface area contributed by atoms with E-state index in [-0.39, 0.29) is 22.4 Å². The second kappa shape index (κ2) is 10.3. The number of carbonyl (C=O) groups is 4. The molecular formula is C23H19NO10. The molecule has 11 heteroatoms. The van der Waals surface area contributed by atoms with Gasteiger partial charge in [-0.05, 0) is 30.3 Å². The Balaban J connectivity index is 1.77. The lowest BCUT2D eigenvalue weighted by atomic mass is 10.1. The average Bonchev–Trinajstić information content (AvgIpc) is 2.85. The predicted octanol–water partition coefficient (Wildman–Crippen LogP) is 2.17. The molecule has 2 aromatic carbocycles. The minimum absolute atomic E-state index is 0.0426. The van der Waals surface area contributed by atoms with E-state index in [1.54, 1.807) is 18.2 Å². The van der Waals surface area contributed by atoms with Crippen LogP contribution in [0.4, 0.5) is 5.69 Å². The second-order valence-electron chi connectivity index (χ2n) is 6.69. The number of anilines is 1. The summed E-state index contributed by atoms with van der Waals surface area (Å²) in [5, 5.41) is 2.78. The maximum atomic E-state index is 12.4. The molecule has 3 aromatic rings. The van der Waals surface area contributed by atoms with Crippen LogP contribution in [0.15, 0.2) is 51.7 Å². The first kappa shape index (κ1) is 24.0. The van der Waals surface area contributed by atoms with Gasteiger partial charge in [-0.3, -0.25) is 4.79 Å². The normalized spacial score (nSPS) is 10.3. The zero-order valence-corrected chi connectivity index (χ0v) is 18.3. The van der Waals surface area contributed by atoms with Crippen LogP contribution in [0.25, 0.3) is 11.0 Å². The molecule has 0 saturated heterocycles. The molecule has 0 saturated carbocycles. The maximum absolute atomic E-state index is 12.4. The van der Waals surface area contributed by atoms with Crippen LogP contribution in [0.5, 0.6) is 5.75 Å². The molecule has 3 rings (SSSR count). The largest absolute Gasteiger partial charge is 0.493 e. The van der Waals surface area contributed by atoms with Gasteiger partial charge in [-0.25, -0.2) is 19.2 Å². The highest BCUT2D eigenvalue weighted by atomic mass is 16.5. The Morgan fingerprint density at radius 3 is 2.29 bits per heavy atom. The van der Waals surface area contributed by atoms with E-state index in [1.165, 1.54) is 38.5 Å². The van der Waals surface area contributed by atoms with Crippen molar-refractivity contribution in [3.05, 3.63) is 69.6 Å². The van der Waals surface area contributed by atoms with Crippen molar-refractivity contribution in [2.75, 3.05) is 33.3 Å². The number of esters is 3. The van der Waals surface area contributed by atoms with Crippen LogP contribution in [0, 0.1) is 0 Å². The lowest BCUT2D eigenvalue weighted by Gasteiger charge is -2.11. The lowest BCUT2D eigenvalue weighted by molar-refractivity contribution is -0.119. The van der Waals surface area contributed by atoms with Gasteiger partial charge in [0.15, 0.2) is 17.9 Å². The highest BCUT2D eigenvalue weighted by Crippen LogP contribution is 2.24. The quantitative estimate of drug-likeness (QED) is 0.310. The molecule has 0 unspecified atom stereocenters. The summed E-state index contributed by atoms with van der Waals surface area (Å²) in [6, 6.07) is 9.90. The second-order valence-corrected chi connectivity index (χ2v) is 6.69. The summed E-state index contributed by atoms with van der Waals surface area (Å²) in [6.45, 7) is -0.794. The highest BCUT2D eigenvalue weighted by molar-refractivity contribution is 6.04. The van der Waals surface area contributed by atoms with Gasteiger partial charge in [0.25, 0.3) is 5.91 Å². The van der Waals surface area contributed by atoms with Crippen LogP contribution in [0.2, 0.25) is 0 Å². The number of ether oxygens (including phenoxy) is 4. The van der Waals surface area contributed by atoms with Gasteiger partial charge in [0.05, 0.1) is 38.1 Å². The number of nitrogens with one attached hydrogen (secondary N) is 1. The topological polar surface area (TPSA) is 147 Å². The molecule has 0 spiro atoms. The van der Waals surface area contributed by atoms with Crippen LogP contribution in [-0.2, 0) is 19.0 Å². The lowest BCUT2D eigenvalue weighted by Crippen LogP contribution is -2.24. The van der Waals surface area contributed by atoms with E-state index in [9.17, 15) is 24.0 Å². The fourth-order valence-electron chi connectivity index (χ4n) is 3.00. The van der Waals surface area contributed by atoms with Gasteiger partial charge in [-0.1, -0.05) is 12.1 Å². The molecule has 11 nitrogen and oxygen atoms in total. The fourth-order valence-corrected chi connectivity index (χ4v) is 3.00. The molecule has 34 heavy (non-hydrogen) atoms. The third-order valence-electron chi connectivity index (χ3n) is 4.62. The fraction of sp³-hybridized carbons (Fsp3) is 0.174. The van der Waals surface area contributed by atoms with Gasteiger partial charge < -0.3 is 28.7 Å². The molecule has 0 atom stereocenters. The molecule has 1 heterocycles. The average molecular weight is 469 g/mol. The van der Waals surface area contributed by atoms with Gasteiger partial charge in [-0.15, -0.1) is 0 Å². The summed E-state index contributed by atoms with van der Waals surface area (Å²) >= 11 is 0. The number of para-hydroxylation sites is 1. The van der Waals surface area contributed by atoms with Crippen LogP contribution >= 0.6 is 0 Å². The summed E-state index contributed by atoms with van der Waals surface area (Å²) in [7, 11) is 3.73. The van der Waals surface area contributed by atoms with Crippen molar-refractivity contribution in [2.45, 2.75) is 0 Å². The van der Waals surface area contributed by atoms with Gasteiger partial charge in [0.1, 0.15) is 5.56 Å². The smallest absolute Gasteiger partial charge is 0.351 e. The molecule has 0 aliphatic heterocycles. The Morgan fingerprint density at radius 2 is 1.62 bits per heavy atom. The maximum Gasteiger partial charge on any atom is 0.351 e.